The van der Waals surface area contributed by atoms with E-state index in [2.05, 4.69) is 50.3 Å². The number of ether oxygens (including phenoxy) is 4. The molecule has 362 valence electrons. The largest absolute Gasteiger partial charge is 0.462 e. The van der Waals surface area contributed by atoms with Gasteiger partial charge >= 0.3 is 11.9 Å². The van der Waals surface area contributed by atoms with E-state index in [1.54, 1.807) is 0 Å². The van der Waals surface area contributed by atoms with Crippen LogP contribution in [0.25, 0.3) is 0 Å². The smallest absolute Gasteiger partial charge is 0.306 e. The van der Waals surface area contributed by atoms with Gasteiger partial charge in [0.05, 0.1) is 6.61 Å². The molecule has 1 heterocycles. The number of carbonyl (C=O) groups excluding carboxylic acids is 2. The van der Waals surface area contributed by atoms with E-state index in [4.69, 9.17) is 18.9 Å². The number of esters is 2. The standard InChI is InChI=1S/C49H88O12S/c1-3-5-7-9-11-13-15-17-18-19-20-21-22-23-24-26-27-29-31-33-35-37-44(50)58-39-42(40-59-49-48(54)47(53)46(52)43(61-49)41-62(55,56)57)60-45(51)38-36-34-32-30-28-25-16-14-12-10-8-6-4-2/h8,10,14,16,19-20,42-43,46-49,52-54H,3-7,9,11-13,15,17-18,21-41H2,1-2H3,(H,55,56,57)/b10-8-,16-14-,20-19-. The van der Waals surface area contributed by atoms with Gasteiger partial charge < -0.3 is 34.3 Å². The number of unbranched alkanes of at least 4 members (excludes halogenated alkanes) is 23. The zero-order chi connectivity index (χ0) is 45.5. The quantitative estimate of drug-likeness (QED) is 0.0197. The highest BCUT2D eigenvalue weighted by Gasteiger charge is 2.46. The van der Waals surface area contributed by atoms with Crippen molar-refractivity contribution < 1.29 is 56.8 Å². The number of rotatable bonds is 41. The number of aliphatic hydroxyl groups excluding tert-OH is 3. The summed E-state index contributed by atoms with van der Waals surface area (Å²) in [6.45, 7) is 3.69. The van der Waals surface area contributed by atoms with Crippen LogP contribution in [-0.4, -0.2) is 96.0 Å². The predicted molar refractivity (Wildman–Crippen MR) is 247 cm³/mol. The average Bonchev–Trinajstić information content (AvgIpc) is 3.24. The first kappa shape index (κ1) is 57.9. The Labute approximate surface area is 376 Å². The minimum atomic E-state index is -4.60. The Bertz CT molecular complexity index is 1290. The molecule has 0 saturated carbocycles. The van der Waals surface area contributed by atoms with Gasteiger partial charge in [0.25, 0.3) is 10.1 Å². The van der Waals surface area contributed by atoms with Crippen molar-refractivity contribution >= 4 is 22.1 Å². The van der Waals surface area contributed by atoms with Crippen LogP contribution in [0.1, 0.15) is 206 Å². The van der Waals surface area contributed by atoms with E-state index in [0.29, 0.717) is 12.8 Å². The van der Waals surface area contributed by atoms with Gasteiger partial charge in [-0.2, -0.15) is 8.42 Å². The maximum absolute atomic E-state index is 12.8. The van der Waals surface area contributed by atoms with Gasteiger partial charge in [0, 0.05) is 12.8 Å². The van der Waals surface area contributed by atoms with Crippen LogP contribution in [0, 0.1) is 0 Å². The van der Waals surface area contributed by atoms with Crippen LogP contribution in [0.15, 0.2) is 36.5 Å². The lowest BCUT2D eigenvalue weighted by Crippen LogP contribution is -2.60. The van der Waals surface area contributed by atoms with Gasteiger partial charge in [-0.25, -0.2) is 0 Å². The van der Waals surface area contributed by atoms with Gasteiger partial charge in [0.2, 0.25) is 0 Å². The Morgan fingerprint density at radius 1 is 0.548 bits per heavy atom. The van der Waals surface area contributed by atoms with E-state index >= 15 is 0 Å². The molecule has 1 fully saturated rings. The normalized spacial score (nSPS) is 20.1. The molecule has 0 aliphatic carbocycles. The molecular weight excluding hydrogens is 813 g/mol. The third-order valence-corrected chi connectivity index (χ3v) is 11.9. The van der Waals surface area contributed by atoms with Crippen LogP contribution in [0.3, 0.4) is 0 Å². The fraction of sp³-hybridized carbons (Fsp3) is 0.837. The van der Waals surface area contributed by atoms with Gasteiger partial charge in [0.15, 0.2) is 12.4 Å². The van der Waals surface area contributed by atoms with Gasteiger partial charge in [-0.15, -0.1) is 0 Å². The van der Waals surface area contributed by atoms with Crippen molar-refractivity contribution in [2.24, 2.45) is 0 Å². The van der Waals surface area contributed by atoms with Crippen LogP contribution >= 0.6 is 0 Å². The van der Waals surface area contributed by atoms with Crippen molar-refractivity contribution in [1.29, 1.82) is 0 Å². The summed E-state index contributed by atoms with van der Waals surface area (Å²) in [7, 11) is -4.60. The van der Waals surface area contributed by atoms with Crippen molar-refractivity contribution in [2.45, 2.75) is 243 Å². The lowest BCUT2D eigenvalue weighted by molar-refractivity contribution is -0.297. The van der Waals surface area contributed by atoms with Crippen molar-refractivity contribution in [2.75, 3.05) is 19.0 Å². The molecule has 1 rings (SSSR count). The number of allylic oxidation sites excluding steroid dienone is 6. The monoisotopic (exact) mass is 901 g/mol. The third kappa shape index (κ3) is 33.4. The van der Waals surface area contributed by atoms with Gasteiger partial charge in [-0.05, 0) is 64.2 Å². The van der Waals surface area contributed by atoms with Crippen molar-refractivity contribution in [3.63, 3.8) is 0 Å². The number of carbonyl (C=O) groups is 2. The second-order valence-corrected chi connectivity index (χ2v) is 18.6. The zero-order valence-electron chi connectivity index (χ0n) is 38.7. The Morgan fingerprint density at radius 2 is 1.00 bits per heavy atom. The van der Waals surface area contributed by atoms with Gasteiger partial charge in [-0.3, -0.25) is 14.1 Å². The van der Waals surface area contributed by atoms with Crippen LogP contribution < -0.4 is 0 Å². The summed E-state index contributed by atoms with van der Waals surface area (Å²) in [5.41, 5.74) is 0. The number of hydrogen-bond donors (Lipinski definition) is 4. The first-order valence-electron chi connectivity index (χ1n) is 24.5. The fourth-order valence-electron chi connectivity index (χ4n) is 7.36. The summed E-state index contributed by atoms with van der Waals surface area (Å²) in [6, 6.07) is 0. The van der Waals surface area contributed by atoms with Crippen molar-refractivity contribution in [1.82, 2.24) is 0 Å². The Hall–Kier alpha value is -2.13. The molecule has 6 atom stereocenters. The summed E-state index contributed by atoms with van der Waals surface area (Å²) in [6.07, 6.45) is 36.2. The molecule has 4 N–H and O–H groups in total. The average molecular weight is 901 g/mol. The summed E-state index contributed by atoms with van der Waals surface area (Å²) < 4.78 is 54.1. The number of aliphatic hydroxyl groups is 3. The first-order chi connectivity index (χ1) is 30.0. The van der Waals surface area contributed by atoms with Crippen molar-refractivity contribution in [3.8, 4) is 0 Å². The molecule has 12 nitrogen and oxygen atoms in total. The van der Waals surface area contributed by atoms with Crippen molar-refractivity contribution in [3.05, 3.63) is 36.5 Å². The van der Waals surface area contributed by atoms with E-state index in [-0.39, 0.29) is 19.4 Å². The maximum Gasteiger partial charge on any atom is 0.306 e. The fourth-order valence-corrected chi connectivity index (χ4v) is 8.05. The Balaban J connectivity index is 2.37. The van der Waals surface area contributed by atoms with Crippen LogP contribution in [-0.2, 0) is 38.7 Å². The lowest BCUT2D eigenvalue weighted by atomic mass is 10.00. The molecule has 1 aliphatic rings. The highest BCUT2D eigenvalue weighted by Crippen LogP contribution is 2.24. The summed E-state index contributed by atoms with van der Waals surface area (Å²) in [4.78, 5) is 25.4. The lowest BCUT2D eigenvalue weighted by Gasteiger charge is -2.40. The van der Waals surface area contributed by atoms with E-state index in [1.807, 2.05) is 0 Å². The maximum atomic E-state index is 12.8. The van der Waals surface area contributed by atoms with Gasteiger partial charge in [-0.1, -0.05) is 166 Å². The molecule has 0 amide bonds. The molecule has 0 aromatic carbocycles. The molecule has 1 saturated heterocycles. The molecule has 0 aromatic rings. The highest BCUT2D eigenvalue weighted by atomic mass is 32.2. The highest BCUT2D eigenvalue weighted by molar-refractivity contribution is 7.85. The van der Waals surface area contributed by atoms with Crippen LogP contribution in [0.2, 0.25) is 0 Å². The second kappa shape index (κ2) is 39.3. The Kier molecular flexibility index (Phi) is 36.6. The topological polar surface area (TPSA) is 186 Å². The predicted octanol–water partition coefficient (Wildman–Crippen LogP) is 10.6. The Morgan fingerprint density at radius 3 is 1.50 bits per heavy atom. The van der Waals surface area contributed by atoms with E-state index in [9.17, 15) is 37.9 Å². The molecule has 0 bridgehead atoms. The molecular formula is C49H88O12S. The van der Waals surface area contributed by atoms with E-state index in [1.165, 1.54) is 96.3 Å². The SMILES string of the molecule is CCC/C=C\C/C=C\CCCCCCCC(=O)OC(COC(=O)CCCCCCCCCCC/C=C\CCCCCCCCCC)COC1OC(CS(=O)(=O)O)C(O)C(O)C1O. The molecule has 6 unspecified atom stereocenters. The summed E-state index contributed by atoms with van der Waals surface area (Å²) in [5, 5.41) is 30.9. The molecule has 1 aliphatic heterocycles. The van der Waals surface area contributed by atoms with Gasteiger partial charge in [0.1, 0.15) is 36.8 Å². The molecule has 62 heavy (non-hydrogen) atoms. The molecule has 0 radical (unpaired) electrons. The van der Waals surface area contributed by atoms with E-state index < -0.39 is 71.2 Å². The number of hydrogen-bond acceptors (Lipinski definition) is 11. The van der Waals surface area contributed by atoms with Crippen LogP contribution in [0.5, 0.6) is 0 Å². The summed E-state index contributed by atoms with van der Waals surface area (Å²) in [5.74, 6) is -2.00. The second-order valence-electron chi connectivity index (χ2n) is 17.1. The van der Waals surface area contributed by atoms with Crippen LogP contribution in [0.4, 0.5) is 0 Å². The minimum absolute atomic E-state index is 0.148. The molecule has 0 aromatic heterocycles. The van der Waals surface area contributed by atoms with E-state index in [0.717, 1.165) is 70.6 Å². The summed E-state index contributed by atoms with van der Waals surface area (Å²) >= 11 is 0. The zero-order valence-corrected chi connectivity index (χ0v) is 39.5. The molecule has 0 spiro atoms. The molecule has 13 heteroatoms. The third-order valence-electron chi connectivity index (χ3n) is 11.2. The minimum Gasteiger partial charge on any atom is -0.462 e. The first-order valence-corrected chi connectivity index (χ1v) is 26.2.